The Hall–Kier alpha value is -0.570. The van der Waals surface area contributed by atoms with Crippen molar-refractivity contribution in [2.75, 3.05) is 0 Å². The molecule has 0 radical (unpaired) electrons. The van der Waals surface area contributed by atoms with Gasteiger partial charge in [-0.2, -0.15) is 0 Å². The molecule has 0 atom stereocenters. The second kappa shape index (κ2) is 3.72. The molecule has 1 aliphatic rings. The van der Waals surface area contributed by atoms with Crippen molar-refractivity contribution in [3.8, 4) is 0 Å². The zero-order valence-corrected chi connectivity index (χ0v) is 8.06. The molecule has 1 rings (SSSR count). The molecular formula is C8H11BrN2. The highest BCUT2D eigenvalue weighted by Gasteiger charge is 1.98. The van der Waals surface area contributed by atoms with Gasteiger partial charge in [-0.25, -0.2) is 4.99 Å². The van der Waals surface area contributed by atoms with Crippen molar-refractivity contribution in [2.24, 2.45) is 10.7 Å². The van der Waals surface area contributed by atoms with Crippen LogP contribution in [0.1, 0.15) is 19.8 Å². The van der Waals surface area contributed by atoms with Crippen LogP contribution < -0.4 is 5.73 Å². The Morgan fingerprint density at radius 2 is 2.36 bits per heavy atom. The maximum absolute atomic E-state index is 5.53. The van der Waals surface area contributed by atoms with Gasteiger partial charge in [0.25, 0.3) is 0 Å². The molecule has 3 heteroatoms. The molecule has 0 unspecified atom stereocenters. The van der Waals surface area contributed by atoms with Crippen LogP contribution in [0.3, 0.4) is 0 Å². The van der Waals surface area contributed by atoms with E-state index in [9.17, 15) is 0 Å². The molecule has 0 saturated carbocycles. The molecule has 2 N–H and O–H groups in total. The van der Waals surface area contributed by atoms with E-state index in [1.54, 1.807) is 6.21 Å². The number of allylic oxidation sites excluding steroid dienone is 3. The number of hydrogen-bond donors (Lipinski definition) is 1. The van der Waals surface area contributed by atoms with Crippen LogP contribution in [0.4, 0.5) is 0 Å². The molecule has 0 aromatic rings. The van der Waals surface area contributed by atoms with E-state index in [0.717, 1.165) is 17.3 Å². The van der Waals surface area contributed by atoms with Gasteiger partial charge in [-0.15, -0.1) is 0 Å². The largest absolute Gasteiger partial charge is 0.384 e. The number of nitrogens with two attached hydrogens (primary N) is 1. The van der Waals surface area contributed by atoms with Gasteiger partial charge in [0.1, 0.15) is 5.82 Å². The Balaban J connectivity index is 2.85. The molecule has 0 aliphatic carbocycles. The predicted octanol–water partition coefficient (Wildman–Crippen LogP) is 2.32. The highest BCUT2D eigenvalue weighted by Crippen LogP contribution is 2.17. The topological polar surface area (TPSA) is 38.4 Å². The molecule has 0 amide bonds. The summed E-state index contributed by atoms with van der Waals surface area (Å²) in [6.45, 7) is 2.09. The Labute approximate surface area is 75.0 Å². The monoisotopic (exact) mass is 214 g/mol. The molecule has 0 fully saturated rings. The van der Waals surface area contributed by atoms with E-state index in [0.29, 0.717) is 5.82 Å². The van der Waals surface area contributed by atoms with Crippen LogP contribution in [-0.2, 0) is 0 Å². The first kappa shape index (κ1) is 8.53. The third-order valence-electron chi connectivity index (χ3n) is 1.61. The molecule has 11 heavy (non-hydrogen) atoms. The molecule has 1 aliphatic heterocycles. The Morgan fingerprint density at radius 3 is 3.09 bits per heavy atom. The minimum absolute atomic E-state index is 0.606. The van der Waals surface area contributed by atoms with Crippen LogP contribution >= 0.6 is 15.9 Å². The summed E-state index contributed by atoms with van der Waals surface area (Å²) in [5.74, 6) is 0.606. The van der Waals surface area contributed by atoms with Crippen molar-refractivity contribution in [3.63, 3.8) is 0 Å². The van der Waals surface area contributed by atoms with Gasteiger partial charge in [0, 0.05) is 10.7 Å². The van der Waals surface area contributed by atoms with E-state index in [1.165, 1.54) is 5.57 Å². The van der Waals surface area contributed by atoms with Gasteiger partial charge < -0.3 is 5.73 Å². The lowest BCUT2D eigenvalue weighted by Crippen LogP contribution is -1.97. The second-order valence-corrected chi connectivity index (χ2v) is 3.41. The predicted molar refractivity (Wildman–Crippen MR) is 51.6 cm³/mol. The molecule has 0 bridgehead atoms. The van der Waals surface area contributed by atoms with Crippen LogP contribution in [0, 0.1) is 0 Å². The first-order chi connectivity index (χ1) is 5.20. The van der Waals surface area contributed by atoms with E-state index >= 15 is 0 Å². The summed E-state index contributed by atoms with van der Waals surface area (Å²) in [6, 6.07) is 0. The summed E-state index contributed by atoms with van der Waals surface area (Å²) in [5.41, 5.74) is 6.85. The normalized spacial score (nSPS) is 33.5. The zero-order chi connectivity index (χ0) is 8.27. The Kier molecular flexibility index (Phi) is 2.88. The van der Waals surface area contributed by atoms with Crippen molar-refractivity contribution in [2.45, 2.75) is 19.8 Å². The molecule has 0 aromatic heterocycles. The van der Waals surface area contributed by atoms with Gasteiger partial charge in [0.05, 0.1) is 0 Å². The lowest BCUT2D eigenvalue weighted by molar-refractivity contribution is 0.956. The van der Waals surface area contributed by atoms with Crippen LogP contribution in [-0.4, -0.2) is 6.21 Å². The van der Waals surface area contributed by atoms with Crippen molar-refractivity contribution in [1.29, 1.82) is 0 Å². The quantitative estimate of drug-likeness (QED) is 0.661. The fourth-order valence-electron chi connectivity index (χ4n) is 0.850. The van der Waals surface area contributed by atoms with Crippen LogP contribution in [0.2, 0.25) is 0 Å². The van der Waals surface area contributed by atoms with Gasteiger partial charge in [0.2, 0.25) is 0 Å². The smallest absolute Gasteiger partial charge is 0.119 e. The number of rotatable bonds is 0. The maximum Gasteiger partial charge on any atom is 0.119 e. The standard InChI is InChI=1S/C8H11BrN2/c1-6-3-2-4-8(10)11-5-7(6)9/h4-5H,2-3,10H2,1H3/b7-6+,8-4-,11-5+. The van der Waals surface area contributed by atoms with Gasteiger partial charge in [-0.05, 0) is 41.8 Å². The van der Waals surface area contributed by atoms with E-state index in [1.807, 2.05) is 6.08 Å². The average Bonchev–Trinajstić information content (AvgIpc) is 1.98. The summed E-state index contributed by atoms with van der Waals surface area (Å²) in [6.07, 6.45) is 5.72. The number of aliphatic imine (C=N–C) groups is 1. The van der Waals surface area contributed by atoms with E-state index < -0.39 is 0 Å². The minimum Gasteiger partial charge on any atom is -0.384 e. The molecule has 2 nitrogen and oxygen atoms in total. The molecule has 60 valence electrons. The van der Waals surface area contributed by atoms with Crippen LogP contribution in [0.5, 0.6) is 0 Å². The molecular weight excluding hydrogens is 204 g/mol. The Bertz CT molecular complexity index is 238. The molecule has 0 saturated heterocycles. The summed E-state index contributed by atoms with van der Waals surface area (Å²) in [4.78, 5) is 4.02. The van der Waals surface area contributed by atoms with Crippen molar-refractivity contribution >= 4 is 22.1 Å². The van der Waals surface area contributed by atoms with Gasteiger partial charge in [-0.3, -0.25) is 0 Å². The summed E-state index contributed by atoms with van der Waals surface area (Å²) >= 11 is 3.41. The van der Waals surface area contributed by atoms with E-state index in [-0.39, 0.29) is 0 Å². The molecule has 1 heterocycles. The highest BCUT2D eigenvalue weighted by molar-refractivity contribution is 9.12. The van der Waals surface area contributed by atoms with Gasteiger partial charge in [-0.1, -0.05) is 5.57 Å². The Morgan fingerprint density at radius 1 is 1.64 bits per heavy atom. The first-order valence-electron chi connectivity index (χ1n) is 3.55. The summed E-state index contributed by atoms with van der Waals surface area (Å²) in [7, 11) is 0. The summed E-state index contributed by atoms with van der Waals surface area (Å²) in [5, 5.41) is 0. The van der Waals surface area contributed by atoms with E-state index in [4.69, 9.17) is 5.73 Å². The lowest BCUT2D eigenvalue weighted by atomic mass is 10.1. The van der Waals surface area contributed by atoms with Crippen LogP contribution in [0.25, 0.3) is 0 Å². The summed E-state index contributed by atoms with van der Waals surface area (Å²) < 4.78 is 1.05. The molecule has 0 spiro atoms. The third-order valence-corrected chi connectivity index (χ3v) is 2.49. The average molecular weight is 215 g/mol. The zero-order valence-electron chi connectivity index (χ0n) is 6.47. The number of nitrogens with zero attached hydrogens (tertiary/aromatic N) is 1. The number of halogens is 1. The lowest BCUT2D eigenvalue weighted by Gasteiger charge is -2.03. The molecule has 0 aromatic carbocycles. The highest BCUT2D eigenvalue weighted by atomic mass is 79.9. The van der Waals surface area contributed by atoms with Gasteiger partial charge in [0.15, 0.2) is 0 Å². The number of hydrogen-bond acceptors (Lipinski definition) is 2. The third kappa shape index (κ3) is 2.50. The van der Waals surface area contributed by atoms with E-state index in [2.05, 4.69) is 27.8 Å². The maximum atomic E-state index is 5.53. The first-order valence-corrected chi connectivity index (χ1v) is 4.34. The fraction of sp³-hybridized carbons (Fsp3) is 0.375. The SMILES string of the molecule is C/C1=C(Br)/C=N/C(N)=C\CC1. The van der Waals surface area contributed by atoms with Crippen molar-refractivity contribution in [3.05, 3.63) is 22.0 Å². The van der Waals surface area contributed by atoms with Gasteiger partial charge >= 0.3 is 0 Å². The van der Waals surface area contributed by atoms with Crippen molar-refractivity contribution in [1.82, 2.24) is 0 Å². The second-order valence-electron chi connectivity index (χ2n) is 2.55. The fourth-order valence-corrected chi connectivity index (χ4v) is 1.15. The minimum atomic E-state index is 0.606. The van der Waals surface area contributed by atoms with Crippen LogP contribution in [0.15, 0.2) is 26.9 Å². The van der Waals surface area contributed by atoms with Crippen molar-refractivity contribution < 1.29 is 0 Å².